The summed E-state index contributed by atoms with van der Waals surface area (Å²) >= 11 is 0. The van der Waals surface area contributed by atoms with E-state index in [1.165, 1.54) is 11.8 Å². The van der Waals surface area contributed by atoms with E-state index in [9.17, 15) is 4.79 Å². The van der Waals surface area contributed by atoms with Crippen molar-refractivity contribution < 1.29 is 9.21 Å². The van der Waals surface area contributed by atoms with Crippen LogP contribution in [0.2, 0.25) is 0 Å². The Balaban J connectivity index is 1.55. The Bertz CT molecular complexity index is 688. The number of carbonyl (C=O) groups excluding carboxylic acids is 1. The van der Waals surface area contributed by atoms with Gasteiger partial charge in [-0.1, -0.05) is 44.2 Å². The lowest BCUT2D eigenvalue weighted by Crippen LogP contribution is -2.39. The average Bonchev–Trinajstić information content (AvgIpc) is 3.12. The van der Waals surface area contributed by atoms with E-state index in [1.54, 1.807) is 0 Å². The first kappa shape index (κ1) is 17.7. The molecule has 5 nitrogen and oxygen atoms in total. The second kappa shape index (κ2) is 7.83. The van der Waals surface area contributed by atoms with Crippen LogP contribution in [-0.2, 0) is 6.42 Å². The normalized spacial score (nSPS) is 17.0. The monoisotopic (exact) mass is 341 g/mol. The number of piperidine rings is 1. The molecular weight excluding hydrogens is 314 g/mol. The number of hydrogen-bond donors (Lipinski definition) is 1. The van der Waals surface area contributed by atoms with Crippen LogP contribution in [0.25, 0.3) is 0 Å². The van der Waals surface area contributed by atoms with Crippen LogP contribution in [0.1, 0.15) is 54.7 Å². The fourth-order valence-electron chi connectivity index (χ4n) is 3.27. The van der Waals surface area contributed by atoms with E-state index >= 15 is 0 Å². The predicted molar refractivity (Wildman–Crippen MR) is 97.0 cm³/mol. The fraction of sp³-hybridized carbons (Fsp3) is 0.500. The Labute approximate surface area is 149 Å². The van der Waals surface area contributed by atoms with Crippen LogP contribution in [0.15, 0.2) is 41.0 Å². The van der Waals surface area contributed by atoms with Crippen molar-refractivity contribution in [3.8, 4) is 0 Å². The van der Waals surface area contributed by atoms with E-state index in [4.69, 9.17) is 10.2 Å². The van der Waals surface area contributed by atoms with Crippen LogP contribution in [0.5, 0.6) is 0 Å². The van der Waals surface area contributed by atoms with Gasteiger partial charge in [0, 0.05) is 13.1 Å². The Morgan fingerprint density at radius 3 is 2.60 bits per heavy atom. The largest absolute Gasteiger partial charge is 0.446 e. The SMILES string of the molecule is CC(C)C(N)c1nc(C(=O)N2CCC(Cc3ccccc3)CC2)co1. The summed E-state index contributed by atoms with van der Waals surface area (Å²) < 4.78 is 5.42. The molecular formula is C20H27N3O2. The third kappa shape index (κ3) is 4.28. The van der Waals surface area contributed by atoms with Gasteiger partial charge in [0.05, 0.1) is 6.04 Å². The van der Waals surface area contributed by atoms with Crippen LogP contribution >= 0.6 is 0 Å². The standard InChI is InChI=1S/C20H27N3O2/c1-14(2)18(21)19-22-17(13-25-19)20(24)23-10-8-16(9-11-23)12-15-6-4-3-5-7-15/h3-7,13-14,16,18H,8-12,21H2,1-2H3. The summed E-state index contributed by atoms with van der Waals surface area (Å²) in [5, 5.41) is 0. The number of likely N-dealkylation sites (tertiary alicyclic amines) is 1. The van der Waals surface area contributed by atoms with Gasteiger partial charge in [-0.3, -0.25) is 4.79 Å². The number of nitrogens with zero attached hydrogens (tertiary/aromatic N) is 2. The van der Waals surface area contributed by atoms with Gasteiger partial charge in [-0.15, -0.1) is 0 Å². The fourth-order valence-corrected chi connectivity index (χ4v) is 3.27. The minimum absolute atomic E-state index is 0.0517. The third-order valence-electron chi connectivity index (χ3n) is 5.01. The van der Waals surface area contributed by atoms with Gasteiger partial charge in [-0.2, -0.15) is 0 Å². The summed E-state index contributed by atoms with van der Waals surface area (Å²) in [6.07, 6.45) is 4.57. The van der Waals surface area contributed by atoms with Crippen molar-refractivity contribution in [2.45, 2.75) is 39.2 Å². The number of oxazole rings is 1. The molecule has 1 saturated heterocycles. The average molecular weight is 341 g/mol. The van der Waals surface area contributed by atoms with E-state index in [0.29, 0.717) is 17.5 Å². The molecule has 2 N–H and O–H groups in total. The molecule has 3 rings (SSSR count). The maximum Gasteiger partial charge on any atom is 0.275 e. The first-order chi connectivity index (χ1) is 12.0. The van der Waals surface area contributed by atoms with Crippen molar-refractivity contribution in [1.29, 1.82) is 0 Å². The van der Waals surface area contributed by atoms with Crippen LogP contribution in [0.4, 0.5) is 0 Å². The van der Waals surface area contributed by atoms with Gasteiger partial charge in [-0.05, 0) is 36.7 Å². The van der Waals surface area contributed by atoms with E-state index in [0.717, 1.165) is 32.4 Å². The highest BCUT2D eigenvalue weighted by Gasteiger charge is 2.26. The quantitative estimate of drug-likeness (QED) is 0.904. The molecule has 1 aromatic carbocycles. The summed E-state index contributed by atoms with van der Waals surface area (Å²) in [6, 6.07) is 10.3. The molecule has 1 aliphatic heterocycles. The second-order valence-corrected chi connectivity index (χ2v) is 7.27. The number of nitrogens with two attached hydrogens (primary N) is 1. The summed E-state index contributed by atoms with van der Waals surface area (Å²) in [5.41, 5.74) is 7.78. The number of rotatable bonds is 5. The highest BCUT2D eigenvalue weighted by atomic mass is 16.3. The zero-order chi connectivity index (χ0) is 17.8. The zero-order valence-corrected chi connectivity index (χ0v) is 15.0. The number of carbonyl (C=O) groups is 1. The lowest BCUT2D eigenvalue weighted by Gasteiger charge is -2.31. The molecule has 2 aromatic rings. The maximum atomic E-state index is 12.6. The van der Waals surface area contributed by atoms with Crippen LogP contribution in [0, 0.1) is 11.8 Å². The lowest BCUT2D eigenvalue weighted by atomic mass is 9.90. The Morgan fingerprint density at radius 2 is 1.96 bits per heavy atom. The topological polar surface area (TPSA) is 72.4 Å². The highest BCUT2D eigenvalue weighted by molar-refractivity contribution is 5.92. The van der Waals surface area contributed by atoms with Crippen molar-refractivity contribution in [1.82, 2.24) is 9.88 Å². The van der Waals surface area contributed by atoms with Crippen molar-refractivity contribution in [3.05, 3.63) is 53.7 Å². The van der Waals surface area contributed by atoms with Crippen molar-refractivity contribution in [2.24, 2.45) is 17.6 Å². The number of aromatic nitrogens is 1. The second-order valence-electron chi connectivity index (χ2n) is 7.27. The smallest absolute Gasteiger partial charge is 0.275 e. The van der Waals surface area contributed by atoms with E-state index < -0.39 is 0 Å². The molecule has 1 fully saturated rings. The van der Waals surface area contributed by atoms with Gasteiger partial charge >= 0.3 is 0 Å². The predicted octanol–water partition coefficient (Wildman–Crippen LogP) is 3.43. The molecule has 1 aromatic heterocycles. The van der Waals surface area contributed by atoms with E-state index in [1.807, 2.05) is 24.8 Å². The van der Waals surface area contributed by atoms with E-state index in [-0.39, 0.29) is 17.9 Å². The highest BCUT2D eigenvalue weighted by Crippen LogP contribution is 2.24. The molecule has 0 saturated carbocycles. The van der Waals surface area contributed by atoms with Crippen LogP contribution in [0.3, 0.4) is 0 Å². The maximum absolute atomic E-state index is 12.6. The van der Waals surface area contributed by atoms with Crippen LogP contribution < -0.4 is 5.73 Å². The molecule has 1 aliphatic rings. The molecule has 5 heteroatoms. The van der Waals surface area contributed by atoms with Crippen molar-refractivity contribution in [3.63, 3.8) is 0 Å². The first-order valence-electron chi connectivity index (χ1n) is 9.08. The molecule has 25 heavy (non-hydrogen) atoms. The number of hydrogen-bond acceptors (Lipinski definition) is 4. The van der Waals surface area contributed by atoms with Gasteiger partial charge in [0.1, 0.15) is 6.26 Å². The molecule has 0 radical (unpaired) electrons. The van der Waals surface area contributed by atoms with Gasteiger partial charge < -0.3 is 15.1 Å². The van der Waals surface area contributed by atoms with Gasteiger partial charge in [0.15, 0.2) is 5.69 Å². The Hall–Kier alpha value is -2.14. The molecule has 134 valence electrons. The molecule has 1 amide bonds. The minimum atomic E-state index is -0.279. The molecule has 1 unspecified atom stereocenters. The molecule has 0 spiro atoms. The van der Waals surface area contributed by atoms with Gasteiger partial charge in [0.2, 0.25) is 5.89 Å². The summed E-state index contributed by atoms with van der Waals surface area (Å²) in [4.78, 5) is 18.8. The summed E-state index contributed by atoms with van der Waals surface area (Å²) in [5.74, 6) is 1.24. The lowest BCUT2D eigenvalue weighted by molar-refractivity contribution is 0.0684. The van der Waals surface area contributed by atoms with Crippen LogP contribution in [-0.4, -0.2) is 28.9 Å². The minimum Gasteiger partial charge on any atom is -0.446 e. The third-order valence-corrected chi connectivity index (χ3v) is 5.01. The molecule has 1 atom stereocenters. The molecule has 0 aliphatic carbocycles. The Morgan fingerprint density at radius 1 is 1.28 bits per heavy atom. The van der Waals surface area contributed by atoms with E-state index in [2.05, 4.69) is 29.2 Å². The molecule has 2 heterocycles. The number of benzene rings is 1. The van der Waals surface area contributed by atoms with Gasteiger partial charge in [-0.25, -0.2) is 4.98 Å². The summed E-state index contributed by atoms with van der Waals surface area (Å²) in [6.45, 7) is 5.56. The Kier molecular flexibility index (Phi) is 5.53. The van der Waals surface area contributed by atoms with Crippen molar-refractivity contribution in [2.75, 3.05) is 13.1 Å². The zero-order valence-electron chi connectivity index (χ0n) is 15.0. The van der Waals surface area contributed by atoms with Gasteiger partial charge in [0.25, 0.3) is 5.91 Å². The van der Waals surface area contributed by atoms with Crippen molar-refractivity contribution >= 4 is 5.91 Å². The first-order valence-corrected chi connectivity index (χ1v) is 9.08. The summed E-state index contributed by atoms with van der Waals surface area (Å²) in [7, 11) is 0. The number of amides is 1. The molecule has 0 bridgehead atoms.